The molecule has 77 heavy (non-hydrogen) atoms. The standard InChI is InChI=1S/C74H52N2Si/c1-6-24-54(25-7-1)72-66-38-18-16-36-64(66)65-37-17-19-39-67(65)73(72)55-46-50-59(51-47-55)75(70-42-23-43-71-74(70)68-40-20-21-41-69(68)76(71)57-27-8-2-9-28-57)58-48-44-53(45-49-58)56-26-22-35-63(52-56)77(60-29-10-3-11-30-60,61-31-12-4-13-32-61)62-33-14-5-15-34-62/h1-52H. The molecule has 14 rings (SSSR count). The van der Waals surface area contributed by atoms with E-state index in [0.717, 1.165) is 28.3 Å². The number of aromatic nitrogens is 1. The van der Waals surface area contributed by atoms with Crippen molar-refractivity contribution in [2.45, 2.75) is 0 Å². The number of benzene rings is 13. The monoisotopic (exact) mass is 996 g/mol. The van der Waals surface area contributed by atoms with Crippen molar-refractivity contribution in [1.29, 1.82) is 0 Å². The molecule has 0 amide bonds. The fraction of sp³-hybridized carbons (Fsp3) is 0. The number of rotatable bonds is 11. The Bertz CT molecular complexity index is 4310. The molecule has 14 aromatic rings. The molecule has 0 aliphatic rings. The van der Waals surface area contributed by atoms with E-state index in [2.05, 4.69) is 325 Å². The molecule has 0 bridgehead atoms. The van der Waals surface area contributed by atoms with Crippen molar-refractivity contribution < 1.29 is 0 Å². The normalized spacial score (nSPS) is 11.6. The van der Waals surface area contributed by atoms with Gasteiger partial charge in [0.2, 0.25) is 0 Å². The Morgan fingerprint density at radius 3 is 1.19 bits per heavy atom. The Hall–Kier alpha value is -9.80. The Balaban J connectivity index is 0.951. The minimum absolute atomic E-state index is 1.07. The van der Waals surface area contributed by atoms with Crippen LogP contribution in [0.3, 0.4) is 0 Å². The number of anilines is 3. The van der Waals surface area contributed by atoms with E-state index >= 15 is 0 Å². The van der Waals surface area contributed by atoms with Crippen LogP contribution >= 0.6 is 0 Å². The van der Waals surface area contributed by atoms with Crippen LogP contribution in [-0.4, -0.2) is 12.6 Å². The summed E-state index contributed by atoms with van der Waals surface area (Å²) in [6, 6.07) is 116. The van der Waals surface area contributed by atoms with Gasteiger partial charge in [-0.1, -0.05) is 261 Å². The molecule has 362 valence electrons. The van der Waals surface area contributed by atoms with E-state index in [4.69, 9.17) is 0 Å². The van der Waals surface area contributed by atoms with Crippen LogP contribution in [0, 0.1) is 0 Å². The number of nitrogens with zero attached hydrogens (tertiary/aromatic N) is 2. The topological polar surface area (TPSA) is 8.17 Å². The average Bonchev–Trinajstić information content (AvgIpc) is 3.86. The van der Waals surface area contributed by atoms with Crippen molar-refractivity contribution in [1.82, 2.24) is 4.57 Å². The van der Waals surface area contributed by atoms with Gasteiger partial charge >= 0.3 is 0 Å². The maximum absolute atomic E-state index is 2.74. The first kappa shape index (κ1) is 45.8. The summed E-state index contributed by atoms with van der Waals surface area (Å²) in [7, 11) is -2.74. The van der Waals surface area contributed by atoms with Crippen LogP contribution in [0.15, 0.2) is 315 Å². The molecule has 0 radical (unpaired) electrons. The molecule has 13 aromatic carbocycles. The fourth-order valence-electron chi connectivity index (χ4n) is 12.4. The van der Waals surface area contributed by atoms with Crippen molar-refractivity contribution in [3.63, 3.8) is 0 Å². The van der Waals surface area contributed by atoms with Crippen LogP contribution in [0.2, 0.25) is 0 Å². The van der Waals surface area contributed by atoms with Gasteiger partial charge in [0.15, 0.2) is 8.07 Å². The zero-order chi connectivity index (χ0) is 51.1. The zero-order valence-corrected chi connectivity index (χ0v) is 43.4. The van der Waals surface area contributed by atoms with Gasteiger partial charge in [-0.2, -0.15) is 0 Å². The van der Waals surface area contributed by atoms with E-state index in [9.17, 15) is 0 Å². The zero-order valence-electron chi connectivity index (χ0n) is 42.4. The van der Waals surface area contributed by atoms with Crippen LogP contribution in [0.5, 0.6) is 0 Å². The molecule has 0 aliphatic heterocycles. The molecule has 0 atom stereocenters. The van der Waals surface area contributed by atoms with Gasteiger partial charge in [0.1, 0.15) is 0 Å². The molecule has 0 unspecified atom stereocenters. The molecule has 2 nitrogen and oxygen atoms in total. The maximum Gasteiger partial charge on any atom is 0.179 e. The Morgan fingerprint density at radius 1 is 0.260 bits per heavy atom. The Morgan fingerprint density at radius 2 is 0.649 bits per heavy atom. The number of fused-ring (bicyclic) bond motifs is 6. The summed E-state index contributed by atoms with van der Waals surface area (Å²) in [5.41, 5.74) is 13.9. The quantitative estimate of drug-likeness (QED) is 0.0712. The summed E-state index contributed by atoms with van der Waals surface area (Å²) in [6.07, 6.45) is 0. The van der Waals surface area contributed by atoms with E-state index in [-0.39, 0.29) is 0 Å². The first-order chi connectivity index (χ1) is 38.2. The van der Waals surface area contributed by atoms with Gasteiger partial charge in [-0.3, -0.25) is 0 Å². The first-order valence-corrected chi connectivity index (χ1v) is 28.6. The van der Waals surface area contributed by atoms with E-state index in [0.29, 0.717) is 0 Å². The molecule has 0 saturated carbocycles. The second-order valence-electron chi connectivity index (χ2n) is 19.9. The number of para-hydroxylation sites is 2. The molecule has 0 spiro atoms. The minimum Gasteiger partial charge on any atom is -0.310 e. The van der Waals surface area contributed by atoms with E-state index < -0.39 is 8.07 Å². The molecule has 1 heterocycles. The highest BCUT2D eigenvalue weighted by Crippen LogP contribution is 2.47. The maximum atomic E-state index is 2.46. The van der Waals surface area contributed by atoms with Crippen molar-refractivity contribution >= 4 is 89.2 Å². The van der Waals surface area contributed by atoms with Gasteiger partial charge in [-0.15, -0.1) is 0 Å². The Labute approximate surface area is 450 Å². The molecule has 1 aromatic heterocycles. The summed E-state index contributed by atoms with van der Waals surface area (Å²) in [5.74, 6) is 0. The third kappa shape index (κ3) is 7.79. The molecule has 0 aliphatic carbocycles. The molecule has 0 saturated heterocycles. The van der Waals surface area contributed by atoms with Gasteiger partial charge in [0.05, 0.1) is 16.7 Å². The largest absolute Gasteiger partial charge is 0.310 e. The van der Waals surface area contributed by atoms with Gasteiger partial charge in [0, 0.05) is 27.8 Å². The molecule has 3 heteroatoms. The first-order valence-electron chi connectivity index (χ1n) is 26.6. The third-order valence-corrected chi connectivity index (χ3v) is 20.5. The Kier molecular flexibility index (Phi) is 11.6. The summed E-state index contributed by atoms with van der Waals surface area (Å²) in [4.78, 5) is 2.46. The van der Waals surface area contributed by atoms with Gasteiger partial charge in [-0.05, 0) is 130 Å². The molecular weight excluding hydrogens is 945 g/mol. The second-order valence-corrected chi connectivity index (χ2v) is 23.7. The van der Waals surface area contributed by atoms with Crippen molar-refractivity contribution in [3.8, 4) is 39.1 Å². The lowest BCUT2D eigenvalue weighted by Gasteiger charge is -2.34. The lowest BCUT2D eigenvalue weighted by Crippen LogP contribution is -2.74. The highest BCUT2D eigenvalue weighted by atomic mass is 28.3. The van der Waals surface area contributed by atoms with Crippen molar-refractivity contribution in [3.05, 3.63) is 315 Å². The van der Waals surface area contributed by atoms with Gasteiger partial charge in [-0.25, -0.2) is 0 Å². The second kappa shape index (κ2) is 19.5. The molecule has 0 N–H and O–H groups in total. The van der Waals surface area contributed by atoms with Crippen LogP contribution in [0.1, 0.15) is 0 Å². The number of hydrogen-bond acceptors (Lipinski definition) is 1. The van der Waals surface area contributed by atoms with E-state index in [1.165, 1.54) is 92.0 Å². The van der Waals surface area contributed by atoms with E-state index in [1.807, 2.05) is 0 Å². The summed E-state index contributed by atoms with van der Waals surface area (Å²) in [6.45, 7) is 0. The van der Waals surface area contributed by atoms with Crippen LogP contribution in [-0.2, 0) is 0 Å². The SMILES string of the molecule is c1ccc(-c2c(-c3ccc(N(c4ccc(-c5cccc([Si](c6ccccc6)(c6ccccc6)c6ccccc6)c5)cc4)c4cccc5c4c4ccccc4n5-c4ccccc4)cc3)c3ccccc3c3ccccc23)cc1. The smallest absolute Gasteiger partial charge is 0.179 e. The van der Waals surface area contributed by atoms with Crippen molar-refractivity contribution in [2.24, 2.45) is 0 Å². The third-order valence-electron chi connectivity index (χ3n) is 15.7. The van der Waals surface area contributed by atoms with Crippen molar-refractivity contribution in [2.75, 3.05) is 4.90 Å². The fourth-order valence-corrected chi connectivity index (χ4v) is 17.2. The summed E-state index contributed by atoms with van der Waals surface area (Å²) < 4.78 is 2.41. The lowest BCUT2D eigenvalue weighted by molar-refractivity contribution is 1.18. The van der Waals surface area contributed by atoms with Crippen LogP contribution in [0.4, 0.5) is 17.1 Å². The highest BCUT2D eigenvalue weighted by Gasteiger charge is 2.41. The predicted molar refractivity (Wildman–Crippen MR) is 330 cm³/mol. The summed E-state index contributed by atoms with van der Waals surface area (Å²) >= 11 is 0. The lowest BCUT2D eigenvalue weighted by atomic mass is 9.85. The van der Waals surface area contributed by atoms with Crippen LogP contribution < -0.4 is 25.6 Å². The van der Waals surface area contributed by atoms with Gasteiger partial charge < -0.3 is 9.47 Å². The van der Waals surface area contributed by atoms with Gasteiger partial charge in [0.25, 0.3) is 0 Å². The number of hydrogen-bond donors (Lipinski definition) is 0. The van der Waals surface area contributed by atoms with E-state index in [1.54, 1.807) is 0 Å². The molecular formula is C74H52N2Si. The summed E-state index contributed by atoms with van der Waals surface area (Å²) in [5, 5.41) is 12.8. The predicted octanol–water partition coefficient (Wildman–Crippen LogP) is 16.9. The van der Waals surface area contributed by atoms with Crippen LogP contribution in [0.25, 0.3) is 82.4 Å². The highest BCUT2D eigenvalue weighted by molar-refractivity contribution is 7.19. The average molecular weight is 997 g/mol. The molecule has 0 fully saturated rings. The minimum atomic E-state index is -2.74.